The molecule has 0 N–H and O–H groups in total. The van der Waals surface area contributed by atoms with Crippen LogP contribution in [0.25, 0.3) is 0 Å². The van der Waals surface area contributed by atoms with Gasteiger partial charge in [0.25, 0.3) is 5.91 Å². The van der Waals surface area contributed by atoms with E-state index in [4.69, 9.17) is 23.7 Å². The van der Waals surface area contributed by atoms with E-state index in [2.05, 4.69) is 49.0 Å². The number of amides is 1. The van der Waals surface area contributed by atoms with Gasteiger partial charge in [-0.1, -0.05) is 60.7 Å². The normalized spacial score (nSPS) is 18.0. The lowest BCUT2D eigenvalue weighted by Gasteiger charge is -2.53. The maximum Gasteiger partial charge on any atom is 0.422 e. The van der Waals surface area contributed by atoms with Gasteiger partial charge in [0.15, 0.2) is 6.61 Å². The fourth-order valence-electron chi connectivity index (χ4n) is 7.22. The van der Waals surface area contributed by atoms with Gasteiger partial charge in [-0.05, 0) is 24.1 Å². The second-order valence-electron chi connectivity index (χ2n) is 12.7. The third-order valence-electron chi connectivity index (χ3n) is 9.46. The number of piperazine rings is 2. The molecule has 4 aromatic rings. The molecule has 0 saturated carbocycles. The van der Waals surface area contributed by atoms with E-state index >= 15 is 0 Å². The lowest BCUT2D eigenvalue weighted by Crippen LogP contribution is -2.67. The van der Waals surface area contributed by atoms with Crippen LogP contribution in [0.4, 0.5) is 13.2 Å². The molecule has 0 radical (unpaired) electrons. The molecule has 2 aliphatic rings. The Labute approximate surface area is 306 Å². The molecule has 15 heteroatoms. The largest absolute Gasteiger partial charge is 0.481 e. The highest BCUT2D eigenvalue weighted by Crippen LogP contribution is 2.38. The van der Waals surface area contributed by atoms with Gasteiger partial charge in [0.05, 0.1) is 33.5 Å². The number of alkyl halides is 3. The second kappa shape index (κ2) is 16.7. The van der Waals surface area contributed by atoms with Gasteiger partial charge in [0.1, 0.15) is 5.56 Å². The predicted molar refractivity (Wildman–Crippen MR) is 189 cm³/mol. The SMILES string of the molecule is CCOc1nc(OC)c(CN2CC(C(c3ccccc3)c3ccccc3)N3CCN(C(=O)c4ccc(OC)nc4OC)C[C@H]3C2)c(OCC(F)(F)F)n1. The van der Waals surface area contributed by atoms with E-state index < -0.39 is 12.8 Å². The summed E-state index contributed by atoms with van der Waals surface area (Å²) in [5.41, 5.74) is 2.82. The van der Waals surface area contributed by atoms with Crippen molar-refractivity contribution in [3.05, 3.63) is 95.1 Å². The summed E-state index contributed by atoms with van der Waals surface area (Å²) in [5, 5.41) is 0. The maximum atomic E-state index is 14.0. The average Bonchev–Trinajstić information content (AvgIpc) is 3.17. The summed E-state index contributed by atoms with van der Waals surface area (Å²) in [6.07, 6.45) is -4.60. The minimum absolute atomic E-state index is 0.0572. The van der Waals surface area contributed by atoms with Gasteiger partial charge in [-0.2, -0.15) is 28.1 Å². The summed E-state index contributed by atoms with van der Waals surface area (Å²) in [6.45, 7) is 2.93. The van der Waals surface area contributed by atoms with Crippen molar-refractivity contribution in [3.63, 3.8) is 0 Å². The first-order chi connectivity index (χ1) is 25.6. The molecular formula is C38H43F3N6O6. The Morgan fingerprint density at radius 3 is 2.06 bits per heavy atom. The topological polar surface area (TPSA) is 112 Å². The molecule has 2 fully saturated rings. The Morgan fingerprint density at radius 1 is 0.792 bits per heavy atom. The van der Waals surface area contributed by atoms with Gasteiger partial charge in [0, 0.05) is 63.3 Å². The van der Waals surface area contributed by atoms with Gasteiger partial charge in [0.2, 0.25) is 23.5 Å². The highest BCUT2D eigenvalue weighted by atomic mass is 19.4. The van der Waals surface area contributed by atoms with E-state index in [1.54, 1.807) is 24.0 Å². The number of hydrogen-bond acceptors (Lipinski definition) is 11. The average molecular weight is 737 g/mol. The van der Waals surface area contributed by atoms with Crippen molar-refractivity contribution >= 4 is 5.91 Å². The smallest absolute Gasteiger partial charge is 0.422 e. The van der Waals surface area contributed by atoms with E-state index in [0.29, 0.717) is 44.2 Å². The molecule has 2 aliphatic heterocycles. The minimum Gasteiger partial charge on any atom is -0.481 e. The van der Waals surface area contributed by atoms with Gasteiger partial charge in [-0.3, -0.25) is 14.6 Å². The number of methoxy groups -OCH3 is 3. The molecule has 1 unspecified atom stereocenters. The summed E-state index contributed by atoms with van der Waals surface area (Å²) < 4.78 is 67.3. The molecule has 282 valence electrons. The zero-order valence-corrected chi connectivity index (χ0v) is 30.1. The van der Waals surface area contributed by atoms with Crippen molar-refractivity contribution in [2.75, 3.05) is 67.3 Å². The Morgan fingerprint density at radius 2 is 1.45 bits per heavy atom. The zero-order valence-electron chi connectivity index (χ0n) is 30.1. The lowest BCUT2D eigenvalue weighted by atomic mass is 9.81. The monoisotopic (exact) mass is 736 g/mol. The van der Waals surface area contributed by atoms with Gasteiger partial charge >= 0.3 is 12.2 Å². The van der Waals surface area contributed by atoms with E-state index in [0.717, 1.165) is 11.1 Å². The fraction of sp³-hybridized carbons (Fsp3) is 0.421. The minimum atomic E-state index is -4.60. The molecular weight excluding hydrogens is 693 g/mol. The van der Waals surface area contributed by atoms with Crippen LogP contribution in [0.2, 0.25) is 0 Å². The van der Waals surface area contributed by atoms with Crippen molar-refractivity contribution in [3.8, 4) is 29.5 Å². The van der Waals surface area contributed by atoms with Crippen LogP contribution >= 0.6 is 0 Å². The Bertz CT molecular complexity index is 1800. The number of aromatic nitrogens is 3. The molecule has 12 nitrogen and oxygen atoms in total. The predicted octanol–water partition coefficient (Wildman–Crippen LogP) is 5.08. The van der Waals surface area contributed by atoms with E-state index in [-0.39, 0.29) is 66.3 Å². The zero-order chi connectivity index (χ0) is 37.5. The number of hydrogen-bond donors (Lipinski definition) is 0. The molecule has 0 spiro atoms. The van der Waals surface area contributed by atoms with Crippen LogP contribution in [0.1, 0.15) is 39.9 Å². The van der Waals surface area contributed by atoms with Crippen molar-refractivity contribution in [2.45, 2.75) is 37.6 Å². The van der Waals surface area contributed by atoms with Crippen molar-refractivity contribution in [2.24, 2.45) is 0 Å². The number of halogens is 3. The lowest BCUT2D eigenvalue weighted by molar-refractivity contribution is -0.154. The van der Waals surface area contributed by atoms with Gasteiger partial charge < -0.3 is 28.6 Å². The molecule has 4 heterocycles. The number of ether oxygens (including phenoxy) is 5. The van der Waals surface area contributed by atoms with E-state index in [9.17, 15) is 18.0 Å². The van der Waals surface area contributed by atoms with Crippen LogP contribution in [-0.2, 0) is 6.54 Å². The molecule has 2 aromatic carbocycles. The second-order valence-corrected chi connectivity index (χ2v) is 12.7. The van der Waals surface area contributed by atoms with Gasteiger partial charge in [-0.25, -0.2) is 0 Å². The molecule has 2 aromatic heterocycles. The third-order valence-corrected chi connectivity index (χ3v) is 9.46. The maximum absolute atomic E-state index is 14.0. The van der Waals surface area contributed by atoms with Gasteiger partial charge in [-0.15, -0.1) is 0 Å². The summed E-state index contributed by atoms with van der Waals surface area (Å²) >= 11 is 0. The van der Waals surface area contributed by atoms with E-state index in [1.165, 1.54) is 21.3 Å². The number of fused-ring (bicyclic) bond motifs is 1. The van der Waals surface area contributed by atoms with Crippen LogP contribution < -0.4 is 23.7 Å². The molecule has 1 amide bonds. The number of carbonyl (C=O) groups excluding carboxylic acids is 1. The first-order valence-electron chi connectivity index (χ1n) is 17.4. The van der Waals surface area contributed by atoms with Crippen LogP contribution in [-0.4, -0.2) is 121 Å². The van der Waals surface area contributed by atoms with Crippen molar-refractivity contribution < 1.29 is 41.7 Å². The number of nitrogens with zero attached hydrogens (tertiary/aromatic N) is 6. The first kappa shape index (κ1) is 37.6. The van der Waals surface area contributed by atoms with Crippen LogP contribution in [0, 0.1) is 0 Å². The Hall–Kier alpha value is -5.15. The molecule has 0 aliphatic carbocycles. The summed E-state index contributed by atoms with van der Waals surface area (Å²) in [6, 6.07) is 23.3. The number of benzene rings is 2. The van der Waals surface area contributed by atoms with Crippen molar-refractivity contribution in [1.82, 2.24) is 29.7 Å². The Balaban J connectivity index is 1.38. The molecule has 6 rings (SSSR count). The summed E-state index contributed by atoms with van der Waals surface area (Å²) in [5.74, 6) is -0.00965. The molecule has 2 atom stereocenters. The quantitative estimate of drug-likeness (QED) is 0.183. The molecule has 53 heavy (non-hydrogen) atoms. The van der Waals surface area contributed by atoms with E-state index in [1.807, 2.05) is 36.4 Å². The highest BCUT2D eigenvalue weighted by Gasteiger charge is 2.44. The molecule has 2 saturated heterocycles. The third kappa shape index (κ3) is 8.74. The van der Waals surface area contributed by atoms with Crippen LogP contribution in [0.3, 0.4) is 0 Å². The Kier molecular flexibility index (Phi) is 11.8. The van der Waals surface area contributed by atoms with Crippen molar-refractivity contribution in [1.29, 1.82) is 0 Å². The number of carbonyl (C=O) groups is 1. The number of pyridine rings is 1. The first-order valence-corrected chi connectivity index (χ1v) is 17.4. The van der Waals surface area contributed by atoms with Crippen LogP contribution in [0.5, 0.6) is 29.5 Å². The summed E-state index contributed by atoms with van der Waals surface area (Å²) in [7, 11) is 4.34. The molecule has 0 bridgehead atoms. The van der Waals surface area contributed by atoms with Crippen LogP contribution in [0.15, 0.2) is 72.8 Å². The summed E-state index contributed by atoms with van der Waals surface area (Å²) in [4.78, 5) is 33.3. The fourth-order valence-corrected chi connectivity index (χ4v) is 7.22. The standard InChI is InChI=1S/C38H43F3N6O6/c1-5-52-37-43-34(51-4)29(35(44-37)53-24-38(39,40)41)22-45-20-27-21-46(36(48)28-16-17-31(49-2)42-33(28)50-3)18-19-47(27)30(23-45)32(25-12-8-6-9-13-25)26-14-10-7-11-15-26/h6-17,27,30,32H,5,18-24H2,1-4H3/t27-,30?/m1/s1. The highest BCUT2D eigenvalue weighted by molar-refractivity contribution is 5.96. The number of rotatable bonds is 13.